The fourth-order valence-electron chi connectivity index (χ4n) is 1.74. The first kappa shape index (κ1) is 15.1. The van der Waals surface area contributed by atoms with Crippen molar-refractivity contribution in [1.29, 1.82) is 0 Å². The zero-order valence-electron chi connectivity index (χ0n) is 11.0. The summed E-state index contributed by atoms with van der Waals surface area (Å²) in [6.45, 7) is 4.51. The summed E-state index contributed by atoms with van der Waals surface area (Å²) in [6.07, 6.45) is 2.35. The summed E-state index contributed by atoms with van der Waals surface area (Å²) in [6, 6.07) is 6.90. The summed E-state index contributed by atoms with van der Waals surface area (Å²) >= 11 is 0. The molecule has 1 aromatic carbocycles. The minimum absolute atomic E-state index is 0.00119. The Bertz CT molecular complexity index is 450. The smallest absolute Gasteiger partial charge is 0.240 e. The number of nitrogens with two attached hydrogens (primary N) is 1. The van der Waals surface area contributed by atoms with Crippen LogP contribution in [0.15, 0.2) is 29.2 Å². The van der Waals surface area contributed by atoms with E-state index in [4.69, 9.17) is 5.73 Å². The molecule has 18 heavy (non-hydrogen) atoms. The van der Waals surface area contributed by atoms with Crippen LogP contribution in [0.4, 0.5) is 0 Å². The molecule has 0 saturated heterocycles. The van der Waals surface area contributed by atoms with Crippen LogP contribution in [0, 0.1) is 0 Å². The SMILES string of the molecule is CCC(CC)NS(=O)(=O)c1ccc(CCN)cc1. The monoisotopic (exact) mass is 270 g/mol. The largest absolute Gasteiger partial charge is 0.330 e. The molecule has 0 aliphatic rings. The molecular formula is C13H22N2O2S. The van der Waals surface area contributed by atoms with Crippen molar-refractivity contribution in [3.8, 4) is 0 Å². The van der Waals surface area contributed by atoms with E-state index in [-0.39, 0.29) is 6.04 Å². The van der Waals surface area contributed by atoms with Gasteiger partial charge in [-0.05, 0) is 43.5 Å². The minimum Gasteiger partial charge on any atom is -0.330 e. The normalized spacial score (nSPS) is 12.0. The predicted octanol–water partition coefficient (Wildman–Crippen LogP) is 1.65. The Hall–Kier alpha value is -0.910. The Labute approximate surface area is 110 Å². The quantitative estimate of drug-likeness (QED) is 0.791. The van der Waals surface area contributed by atoms with E-state index in [0.717, 1.165) is 24.8 Å². The summed E-state index contributed by atoms with van der Waals surface area (Å²) in [4.78, 5) is 0.315. The van der Waals surface area contributed by atoms with Gasteiger partial charge in [0.1, 0.15) is 0 Å². The molecule has 1 rings (SSSR count). The lowest BCUT2D eigenvalue weighted by atomic mass is 10.2. The molecule has 0 bridgehead atoms. The molecule has 102 valence electrons. The van der Waals surface area contributed by atoms with Crippen molar-refractivity contribution in [2.75, 3.05) is 6.54 Å². The van der Waals surface area contributed by atoms with Crippen LogP contribution in [0.3, 0.4) is 0 Å². The average molecular weight is 270 g/mol. The van der Waals surface area contributed by atoms with Gasteiger partial charge >= 0.3 is 0 Å². The van der Waals surface area contributed by atoms with Gasteiger partial charge in [0.15, 0.2) is 0 Å². The number of hydrogen-bond acceptors (Lipinski definition) is 3. The molecule has 0 aliphatic carbocycles. The van der Waals surface area contributed by atoms with Gasteiger partial charge < -0.3 is 5.73 Å². The van der Waals surface area contributed by atoms with E-state index >= 15 is 0 Å². The lowest BCUT2D eigenvalue weighted by Gasteiger charge is -2.15. The third kappa shape index (κ3) is 4.08. The van der Waals surface area contributed by atoms with E-state index in [1.54, 1.807) is 12.1 Å². The van der Waals surface area contributed by atoms with E-state index in [9.17, 15) is 8.42 Å². The van der Waals surface area contributed by atoms with Gasteiger partial charge in [0.2, 0.25) is 10.0 Å². The van der Waals surface area contributed by atoms with Crippen LogP contribution in [-0.2, 0) is 16.4 Å². The van der Waals surface area contributed by atoms with E-state index in [1.807, 2.05) is 26.0 Å². The second-order valence-corrected chi connectivity index (χ2v) is 6.03. The standard InChI is InChI=1S/C13H22N2O2S/c1-3-12(4-2)15-18(16,17)13-7-5-11(6-8-13)9-10-14/h5-8,12,15H,3-4,9-10,14H2,1-2H3. The third-order valence-corrected chi connectivity index (χ3v) is 4.51. The van der Waals surface area contributed by atoms with Gasteiger partial charge in [-0.15, -0.1) is 0 Å². The molecule has 5 heteroatoms. The Kier molecular flexibility index (Phi) is 5.78. The van der Waals surface area contributed by atoms with Crippen molar-refractivity contribution in [2.45, 2.75) is 44.0 Å². The molecule has 0 radical (unpaired) electrons. The number of benzene rings is 1. The maximum atomic E-state index is 12.1. The summed E-state index contributed by atoms with van der Waals surface area (Å²) in [7, 11) is -3.40. The maximum absolute atomic E-state index is 12.1. The molecule has 3 N–H and O–H groups in total. The molecule has 1 aromatic rings. The molecule has 0 aliphatic heterocycles. The topological polar surface area (TPSA) is 72.2 Å². The fraction of sp³-hybridized carbons (Fsp3) is 0.538. The number of sulfonamides is 1. The van der Waals surface area contributed by atoms with Crippen molar-refractivity contribution >= 4 is 10.0 Å². The summed E-state index contributed by atoms with van der Waals surface area (Å²) in [5, 5.41) is 0. The molecule has 0 atom stereocenters. The van der Waals surface area contributed by atoms with Crippen LogP contribution in [0.5, 0.6) is 0 Å². The van der Waals surface area contributed by atoms with E-state index in [1.165, 1.54) is 0 Å². The lowest BCUT2D eigenvalue weighted by molar-refractivity contribution is 0.530. The maximum Gasteiger partial charge on any atom is 0.240 e. The molecule has 0 heterocycles. The Morgan fingerprint density at radius 1 is 1.17 bits per heavy atom. The number of hydrogen-bond donors (Lipinski definition) is 2. The molecule has 0 fully saturated rings. The van der Waals surface area contributed by atoms with Crippen LogP contribution in [-0.4, -0.2) is 21.0 Å². The molecule has 4 nitrogen and oxygen atoms in total. The van der Waals surface area contributed by atoms with Gasteiger partial charge in [-0.2, -0.15) is 0 Å². The summed E-state index contributed by atoms with van der Waals surface area (Å²) in [5.41, 5.74) is 6.51. The number of rotatable bonds is 7. The van der Waals surface area contributed by atoms with Crippen LogP contribution in [0.25, 0.3) is 0 Å². The Morgan fingerprint density at radius 2 is 1.72 bits per heavy atom. The molecular weight excluding hydrogens is 248 g/mol. The van der Waals surface area contributed by atoms with Crippen LogP contribution >= 0.6 is 0 Å². The summed E-state index contributed by atoms with van der Waals surface area (Å²) < 4.78 is 26.9. The van der Waals surface area contributed by atoms with Gasteiger partial charge in [-0.3, -0.25) is 0 Å². The van der Waals surface area contributed by atoms with Crippen LogP contribution in [0.2, 0.25) is 0 Å². The van der Waals surface area contributed by atoms with Crippen molar-refractivity contribution in [2.24, 2.45) is 5.73 Å². The molecule has 0 unspecified atom stereocenters. The van der Waals surface area contributed by atoms with Crippen molar-refractivity contribution in [3.63, 3.8) is 0 Å². The molecule has 0 aromatic heterocycles. The zero-order chi connectivity index (χ0) is 13.6. The third-order valence-electron chi connectivity index (χ3n) is 2.97. The highest BCUT2D eigenvalue weighted by molar-refractivity contribution is 7.89. The molecule has 0 amide bonds. The molecule has 0 saturated carbocycles. The summed E-state index contributed by atoms with van der Waals surface area (Å²) in [5.74, 6) is 0. The van der Waals surface area contributed by atoms with Gasteiger partial charge in [0.05, 0.1) is 4.90 Å². The van der Waals surface area contributed by atoms with Crippen molar-refractivity contribution < 1.29 is 8.42 Å². The Morgan fingerprint density at radius 3 is 2.17 bits per heavy atom. The number of nitrogens with one attached hydrogen (secondary N) is 1. The minimum atomic E-state index is -3.40. The van der Waals surface area contributed by atoms with E-state index < -0.39 is 10.0 Å². The van der Waals surface area contributed by atoms with Crippen LogP contribution < -0.4 is 10.5 Å². The van der Waals surface area contributed by atoms with Crippen molar-refractivity contribution in [1.82, 2.24) is 4.72 Å². The highest BCUT2D eigenvalue weighted by Crippen LogP contribution is 2.12. The predicted molar refractivity (Wildman–Crippen MR) is 73.9 cm³/mol. The first-order valence-electron chi connectivity index (χ1n) is 6.34. The van der Waals surface area contributed by atoms with Crippen molar-refractivity contribution in [3.05, 3.63) is 29.8 Å². The lowest BCUT2D eigenvalue weighted by Crippen LogP contribution is -2.33. The molecule has 0 spiro atoms. The van der Waals surface area contributed by atoms with Crippen LogP contribution in [0.1, 0.15) is 32.3 Å². The van der Waals surface area contributed by atoms with Gasteiger partial charge in [0, 0.05) is 6.04 Å². The van der Waals surface area contributed by atoms with E-state index in [0.29, 0.717) is 11.4 Å². The zero-order valence-corrected chi connectivity index (χ0v) is 11.8. The fourth-order valence-corrected chi connectivity index (χ4v) is 3.15. The first-order valence-corrected chi connectivity index (χ1v) is 7.83. The second kappa shape index (κ2) is 6.87. The van der Waals surface area contributed by atoms with Gasteiger partial charge in [0.25, 0.3) is 0 Å². The van der Waals surface area contributed by atoms with Gasteiger partial charge in [-0.25, -0.2) is 13.1 Å². The highest BCUT2D eigenvalue weighted by Gasteiger charge is 2.17. The van der Waals surface area contributed by atoms with Gasteiger partial charge in [-0.1, -0.05) is 26.0 Å². The second-order valence-electron chi connectivity index (χ2n) is 4.32. The first-order chi connectivity index (χ1) is 8.53. The van der Waals surface area contributed by atoms with E-state index in [2.05, 4.69) is 4.72 Å². The average Bonchev–Trinajstić information content (AvgIpc) is 2.37. The Balaban J connectivity index is 2.84. The highest BCUT2D eigenvalue weighted by atomic mass is 32.2.